The van der Waals surface area contributed by atoms with Crippen LogP contribution in [0.4, 0.5) is 11.4 Å². The van der Waals surface area contributed by atoms with Gasteiger partial charge in [0.15, 0.2) is 24.8 Å². The van der Waals surface area contributed by atoms with Gasteiger partial charge in [-0.25, -0.2) is 0 Å². The number of unbranched alkanes of at least 4 members (excludes halogenated alkanes) is 13. The second-order valence-corrected chi connectivity index (χ2v) is 13.4. The molecule has 2 atom stereocenters. The van der Waals surface area contributed by atoms with Gasteiger partial charge in [-0.05, 0) is 57.5 Å². The number of anilines is 2. The van der Waals surface area contributed by atoms with E-state index >= 15 is 0 Å². The molecule has 0 fully saturated rings. The summed E-state index contributed by atoms with van der Waals surface area (Å²) in [6.07, 6.45) is 32.4. The molecule has 0 aliphatic heterocycles. The standard InChI is InChI=1S/C34H56Br2N4/c1-3-5-7-9-11-13-17-25-37-31-21-27-39(28-22-31)33(35)19-15-16-20-34(36)40-29-23-32(24-30-40)38-26-18-14-12-10-8-6-4-2/h21-24,27-30,33-34H,3-20,25-26H2,1-2H3/p+2. The number of aromatic nitrogens is 2. The molecule has 2 aromatic rings. The maximum atomic E-state index is 3.89. The fraction of sp³-hybridized carbons (Fsp3) is 0.706. The Bertz CT molecular complexity index is 773. The van der Waals surface area contributed by atoms with E-state index in [1.165, 1.54) is 114 Å². The second kappa shape index (κ2) is 23.4. The zero-order valence-corrected chi connectivity index (χ0v) is 28.7. The Morgan fingerprint density at radius 1 is 0.500 bits per heavy atom. The van der Waals surface area contributed by atoms with Crippen LogP contribution in [0.5, 0.6) is 0 Å². The average molecular weight is 683 g/mol. The first-order chi connectivity index (χ1) is 19.6. The summed E-state index contributed by atoms with van der Waals surface area (Å²) in [5.41, 5.74) is 2.44. The Balaban J connectivity index is 1.54. The van der Waals surface area contributed by atoms with Crippen LogP contribution in [0, 0.1) is 0 Å². The van der Waals surface area contributed by atoms with E-state index in [4.69, 9.17) is 0 Å². The van der Waals surface area contributed by atoms with E-state index in [9.17, 15) is 0 Å². The minimum absolute atomic E-state index is 0.341. The molecule has 2 aromatic heterocycles. The highest BCUT2D eigenvalue weighted by Gasteiger charge is 2.17. The number of hydrogen-bond donors (Lipinski definition) is 2. The van der Waals surface area contributed by atoms with Gasteiger partial charge in [0.05, 0.1) is 0 Å². The number of hydrogen-bond acceptors (Lipinski definition) is 2. The van der Waals surface area contributed by atoms with Crippen molar-refractivity contribution in [2.24, 2.45) is 0 Å². The SMILES string of the molecule is CCCCCCCCCNc1cc[n+](C(Br)CCCCC(Br)[n+]2ccc(NCCCCCCCCC)cc2)cc1. The van der Waals surface area contributed by atoms with Crippen LogP contribution in [0.1, 0.15) is 139 Å². The van der Waals surface area contributed by atoms with Crippen molar-refractivity contribution in [3.05, 3.63) is 49.1 Å². The van der Waals surface area contributed by atoms with Gasteiger partial charge >= 0.3 is 0 Å². The van der Waals surface area contributed by atoms with E-state index in [2.05, 4.69) is 115 Å². The van der Waals surface area contributed by atoms with E-state index < -0.39 is 0 Å². The predicted octanol–water partition coefficient (Wildman–Crippen LogP) is 10.6. The molecule has 0 aromatic carbocycles. The van der Waals surface area contributed by atoms with Crippen molar-refractivity contribution < 1.29 is 9.13 Å². The van der Waals surface area contributed by atoms with Gasteiger partial charge in [-0.15, -0.1) is 0 Å². The van der Waals surface area contributed by atoms with Crippen LogP contribution in [0.25, 0.3) is 0 Å². The van der Waals surface area contributed by atoms with Crippen LogP contribution >= 0.6 is 31.9 Å². The van der Waals surface area contributed by atoms with Crippen LogP contribution in [0.15, 0.2) is 49.1 Å². The molecule has 0 bridgehead atoms. The van der Waals surface area contributed by atoms with Gasteiger partial charge in [-0.2, -0.15) is 9.13 Å². The molecule has 0 spiro atoms. The van der Waals surface area contributed by atoms with Crippen molar-refractivity contribution in [3.63, 3.8) is 0 Å². The maximum Gasteiger partial charge on any atom is 0.211 e. The highest BCUT2D eigenvalue weighted by atomic mass is 79.9. The minimum Gasteiger partial charge on any atom is -0.385 e. The molecule has 0 saturated carbocycles. The largest absolute Gasteiger partial charge is 0.385 e. The summed E-state index contributed by atoms with van der Waals surface area (Å²) in [7, 11) is 0. The van der Waals surface area contributed by atoms with Crippen LogP contribution in [0.2, 0.25) is 0 Å². The number of nitrogens with one attached hydrogen (secondary N) is 2. The van der Waals surface area contributed by atoms with E-state index in [1.54, 1.807) is 0 Å². The first-order valence-corrected chi connectivity index (χ1v) is 18.2. The smallest absolute Gasteiger partial charge is 0.211 e. The Labute approximate surface area is 263 Å². The minimum atomic E-state index is 0.341. The van der Waals surface area contributed by atoms with E-state index in [0.717, 1.165) is 25.9 Å². The Morgan fingerprint density at radius 3 is 1.18 bits per heavy atom. The van der Waals surface area contributed by atoms with Crippen molar-refractivity contribution in [3.8, 4) is 0 Å². The third kappa shape index (κ3) is 16.3. The summed E-state index contributed by atoms with van der Waals surface area (Å²) in [4.78, 5) is 0.681. The molecule has 40 heavy (non-hydrogen) atoms. The molecule has 0 radical (unpaired) electrons. The zero-order chi connectivity index (χ0) is 28.7. The molecule has 2 rings (SSSR count). The summed E-state index contributed by atoms with van der Waals surface area (Å²) in [5.74, 6) is 0. The van der Waals surface area contributed by atoms with Crippen LogP contribution in [-0.4, -0.2) is 13.1 Å². The van der Waals surface area contributed by atoms with Crippen molar-refractivity contribution in [2.45, 2.75) is 139 Å². The summed E-state index contributed by atoms with van der Waals surface area (Å²) in [5, 5.41) is 7.16. The third-order valence-corrected chi connectivity index (χ3v) is 9.57. The summed E-state index contributed by atoms with van der Waals surface area (Å²) >= 11 is 7.78. The quantitative estimate of drug-likeness (QED) is 0.0621. The number of nitrogens with zero attached hydrogens (tertiary/aromatic N) is 2. The van der Waals surface area contributed by atoms with E-state index in [-0.39, 0.29) is 0 Å². The molecule has 6 heteroatoms. The average Bonchev–Trinajstić information content (AvgIpc) is 2.98. The Morgan fingerprint density at radius 2 is 0.825 bits per heavy atom. The first kappa shape index (κ1) is 35.1. The van der Waals surface area contributed by atoms with Gasteiger partial charge in [0.2, 0.25) is 9.90 Å². The highest BCUT2D eigenvalue weighted by molar-refractivity contribution is 9.09. The molecule has 0 amide bonds. The Kier molecular flexibility index (Phi) is 20.5. The zero-order valence-electron chi connectivity index (χ0n) is 25.6. The number of halogens is 2. The lowest BCUT2D eigenvalue weighted by Crippen LogP contribution is -2.36. The Hall–Kier alpha value is -1.14. The monoisotopic (exact) mass is 680 g/mol. The molecule has 0 aliphatic carbocycles. The predicted molar refractivity (Wildman–Crippen MR) is 181 cm³/mol. The van der Waals surface area contributed by atoms with Crippen molar-refractivity contribution in [2.75, 3.05) is 23.7 Å². The number of rotatable bonds is 25. The molecular formula is C34H58Br2N4+2. The van der Waals surface area contributed by atoms with E-state index in [1.807, 2.05) is 0 Å². The molecule has 0 saturated heterocycles. The van der Waals surface area contributed by atoms with Crippen molar-refractivity contribution >= 4 is 43.2 Å². The molecule has 2 heterocycles. The van der Waals surface area contributed by atoms with Gasteiger partial charge in [0, 0.05) is 61.6 Å². The first-order valence-electron chi connectivity index (χ1n) is 16.4. The second-order valence-electron chi connectivity index (χ2n) is 11.3. The normalized spacial score (nSPS) is 12.8. The molecule has 226 valence electrons. The van der Waals surface area contributed by atoms with Gasteiger partial charge in [-0.1, -0.05) is 90.9 Å². The highest BCUT2D eigenvalue weighted by Crippen LogP contribution is 2.21. The molecule has 2 unspecified atom stereocenters. The van der Waals surface area contributed by atoms with Crippen LogP contribution in [0.3, 0.4) is 0 Å². The summed E-state index contributed by atoms with van der Waals surface area (Å²) in [6.45, 7) is 6.70. The maximum absolute atomic E-state index is 3.89. The molecule has 2 N–H and O–H groups in total. The van der Waals surface area contributed by atoms with Gasteiger partial charge in [0.25, 0.3) is 0 Å². The number of alkyl halides is 2. The molecule has 0 aliphatic rings. The van der Waals surface area contributed by atoms with Gasteiger partial charge in [-0.3, -0.25) is 0 Å². The lowest BCUT2D eigenvalue weighted by Gasteiger charge is -2.09. The van der Waals surface area contributed by atoms with Crippen LogP contribution in [-0.2, 0) is 0 Å². The topological polar surface area (TPSA) is 31.8 Å². The summed E-state index contributed by atoms with van der Waals surface area (Å²) < 4.78 is 4.55. The number of pyridine rings is 2. The fourth-order valence-electron chi connectivity index (χ4n) is 5.04. The lowest BCUT2D eigenvalue weighted by molar-refractivity contribution is -0.699. The van der Waals surface area contributed by atoms with Gasteiger partial charge in [0.1, 0.15) is 0 Å². The van der Waals surface area contributed by atoms with Crippen molar-refractivity contribution in [1.82, 2.24) is 0 Å². The lowest BCUT2D eigenvalue weighted by atomic mass is 10.1. The van der Waals surface area contributed by atoms with Gasteiger partial charge < -0.3 is 10.6 Å². The molecular weight excluding hydrogens is 624 g/mol. The summed E-state index contributed by atoms with van der Waals surface area (Å²) in [6, 6.07) is 8.81. The molecule has 4 nitrogen and oxygen atoms in total. The van der Waals surface area contributed by atoms with Crippen LogP contribution < -0.4 is 19.8 Å². The van der Waals surface area contributed by atoms with E-state index in [0.29, 0.717) is 9.90 Å². The third-order valence-electron chi connectivity index (χ3n) is 7.71. The van der Waals surface area contributed by atoms with Crippen molar-refractivity contribution in [1.29, 1.82) is 0 Å². The fourth-order valence-corrected chi connectivity index (χ4v) is 6.23.